The molecule has 10 nitrogen and oxygen atoms in total. The van der Waals surface area contributed by atoms with Gasteiger partial charge in [-0.15, -0.1) is 0 Å². The van der Waals surface area contributed by atoms with Crippen LogP contribution in [0.3, 0.4) is 0 Å². The molecule has 0 saturated carbocycles. The molecule has 1 heterocycles. The Bertz CT molecular complexity index is 1290. The number of amides is 3. The number of nitrogens with zero attached hydrogens (tertiary/aromatic N) is 4. The summed E-state index contributed by atoms with van der Waals surface area (Å²) in [6, 6.07) is 12.8. The van der Waals surface area contributed by atoms with Gasteiger partial charge in [-0.05, 0) is 93.2 Å². The monoisotopic (exact) mass is 593 g/mol. The van der Waals surface area contributed by atoms with Gasteiger partial charge in [0.05, 0.1) is 18.1 Å². The summed E-state index contributed by atoms with van der Waals surface area (Å²) in [5.74, 6) is 1.86. The van der Waals surface area contributed by atoms with Crippen LogP contribution < -0.4 is 16.1 Å². The minimum atomic E-state index is -0.449. The molecule has 236 valence electrons. The minimum absolute atomic E-state index is 0.0780. The number of hydroxylamine groups is 1. The molecule has 0 aliphatic heterocycles. The molecular formula is C33H51N7O3. The molecule has 0 spiro atoms. The van der Waals surface area contributed by atoms with Crippen LogP contribution in [0, 0.1) is 11.8 Å². The van der Waals surface area contributed by atoms with Gasteiger partial charge in [0.15, 0.2) is 0 Å². The number of carbonyl (C=O) groups excluding carboxylic acids is 2. The number of anilines is 3. The third-order valence-corrected chi connectivity index (χ3v) is 7.58. The van der Waals surface area contributed by atoms with Gasteiger partial charge in [-0.1, -0.05) is 41.5 Å². The van der Waals surface area contributed by atoms with E-state index in [2.05, 4.69) is 72.0 Å². The zero-order valence-corrected chi connectivity index (χ0v) is 27.1. The van der Waals surface area contributed by atoms with E-state index >= 15 is 0 Å². The van der Waals surface area contributed by atoms with E-state index in [1.54, 1.807) is 0 Å². The van der Waals surface area contributed by atoms with Crippen LogP contribution >= 0.6 is 0 Å². The maximum absolute atomic E-state index is 13.8. The number of aromatic nitrogens is 2. The number of nitrogens with one attached hydrogen (secondary N) is 3. The smallest absolute Gasteiger partial charge is 0.339 e. The molecule has 2 aromatic carbocycles. The lowest BCUT2D eigenvalue weighted by atomic mass is 10.1. The summed E-state index contributed by atoms with van der Waals surface area (Å²) < 4.78 is 2.18. The van der Waals surface area contributed by atoms with Crippen molar-refractivity contribution < 1.29 is 14.4 Å². The summed E-state index contributed by atoms with van der Waals surface area (Å²) in [4.78, 5) is 39.6. The summed E-state index contributed by atoms with van der Waals surface area (Å²) in [5.41, 5.74) is 6.19. The molecule has 0 aliphatic rings. The number of hydrogen-bond donors (Lipinski definition) is 3. The lowest BCUT2D eigenvalue weighted by Gasteiger charge is -2.25. The normalized spacial score (nSPS) is 11.5. The zero-order chi connectivity index (χ0) is 31.4. The molecule has 3 N–H and O–H groups in total. The highest BCUT2D eigenvalue weighted by atomic mass is 16.6. The highest BCUT2D eigenvalue weighted by Gasteiger charge is 2.19. The molecule has 0 saturated heterocycles. The van der Waals surface area contributed by atoms with Gasteiger partial charge in [-0.3, -0.25) is 9.63 Å². The molecule has 3 rings (SSSR count). The van der Waals surface area contributed by atoms with E-state index in [1.165, 1.54) is 7.11 Å². The number of urea groups is 1. The Morgan fingerprint density at radius 2 is 1.53 bits per heavy atom. The summed E-state index contributed by atoms with van der Waals surface area (Å²) in [7, 11) is 1.38. The predicted molar refractivity (Wildman–Crippen MR) is 176 cm³/mol. The van der Waals surface area contributed by atoms with Crippen LogP contribution in [0.25, 0.3) is 11.0 Å². The van der Waals surface area contributed by atoms with E-state index in [-0.39, 0.29) is 5.91 Å². The van der Waals surface area contributed by atoms with Crippen LogP contribution in [0.5, 0.6) is 0 Å². The molecule has 1 aromatic heterocycles. The first-order valence-corrected chi connectivity index (χ1v) is 15.6. The minimum Gasteiger partial charge on any atom is -0.339 e. The van der Waals surface area contributed by atoms with Crippen molar-refractivity contribution in [2.45, 2.75) is 67.3 Å². The lowest BCUT2D eigenvalue weighted by molar-refractivity contribution is 0.0741. The maximum Gasteiger partial charge on any atom is 0.343 e. The molecule has 0 aliphatic carbocycles. The van der Waals surface area contributed by atoms with Crippen LogP contribution in [0.4, 0.5) is 22.1 Å². The molecule has 3 aromatic rings. The molecule has 43 heavy (non-hydrogen) atoms. The lowest BCUT2D eigenvalue weighted by Crippen LogP contribution is -2.34. The SMILES string of the molecule is CCN(CC)CCCn1c(Nc2ccc(NC(=O)NOC)cc2)nc2ccc(C(=O)N(CCC(C)C)CCC(C)C)cc21. The highest BCUT2D eigenvalue weighted by molar-refractivity contribution is 5.98. The van der Waals surface area contributed by atoms with E-state index in [1.807, 2.05) is 47.4 Å². The molecule has 10 heteroatoms. The standard InChI is InChI=1S/C33H51N7O3/c1-8-38(9-2)19-10-20-40-30-23-26(31(41)39(21-17-24(3)4)22-18-25(5)6)11-16-29(30)36-32(40)34-27-12-14-28(15-13-27)35-33(42)37-43-7/h11-16,23-25H,8-10,17-22H2,1-7H3,(H,34,36)(H2,35,37,42). The van der Waals surface area contributed by atoms with Gasteiger partial charge in [0.25, 0.3) is 5.91 Å². The first-order chi connectivity index (χ1) is 20.6. The van der Waals surface area contributed by atoms with Crippen LogP contribution in [0.1, 0.15) is 71.2 Å². The summed E-state index contributed by atoms with van der Waals surface area (Å²) >= 11 is 0. The molecule has 0 fully saturated rings. The average molecular weight is 594 g/mol. The van der Waals surface area contributed by atoms with E-state index in [0.717, 1.165) is 75.3 Å². The van der Waals surface area contributed by atoms with Crippen molar-refractivity contribution >= 4 is 40.3 Å². The Balaban J connectivity index is 1.91. The fraction of sp³-hybridized carbons (Fsp3) is 0.545. The van der Waals surface area contributed by atoms with Gasteiger partial charge < -0.3 is 25.0 Å². The quantitative estimate of drug-likeness (QED) is 0.150. The number of fused-ring (bicyclic) bond motifs is 1. The van der Waals surface area contributed by atoms with Crippen molar-refractivity contribution in [3.05, 3.63) is 48.0 Å². The zero-order valence-electron chi connectivity index (χ0n) is 27.1. The second-order valence-corrected chi connectivity index (χ2v) is 11.8. The van der Waals surface area contributed by atoms with Crippen LogP contribution in [0.15, 0.2) is 42.5 Å². The van der Waals surface area contributed by atoms with Crippen LogP contribution in [-0.4, -0.2) is 71.1 Å². The Morgan fingerprint density at radius 3 is 2.12 bits per heavy atom. The maximum atomic E-state index is 13.8. The van der Waals surface area contributed by atoms with Crippen molar-refractivity contribution in [1.82, 2.24) is 24.8 Å². The number of benzene rings is 2. The van der Waals surface area contributed by atoms with E-state index in [0.29, 0.717) is 29.0 Å². The van der Waals surface area contributed by atoms with Crippen molar-refractivity contribution in [2.24, 2.45) is 11.8 Å². The second kappa shape index (κ2) is 16.9. The molecular weight excluding hydrogens is 542 g/mol. The van der Waals surface area contributed by atoms with Crippen molar-refractivity contribution in [2.75, 3.05) is 50.5 Å². The van der Waals surface area contributed by atoms with Crippen LogP contribution in [-0.2, 0) is 11.4 Å². The fourth-order valence-corrected chi connectivity index (χ4v) is 4.91. The summed E-state index contributed by atoms with van der Waals surface area (Å²) in [6.07, 6.45) is 2.91. The van der Waals surface area contributed by atoms with Gasteiger partial charge in [-0.2, -0.15) is 0 Å². The fourth-order valence-electron chi connectivity index (χ4n) is 4.91. The number of hydrogen-bond acceptors (Lipinski definition) is 6. The third kappa shape index (κ3) is 10.2. The Hall–Kier alpha value is -3.63. The molecule has 3 amide bonds. The highest BCUT2D eigenvalue weighted by Crippen LogP contribution is 2.26. The van der Waals surface area contributed by atoms with Crippen molar-refractivity contribution in [1.29, 1.82) is 0 Å². The summed E-state index contributed by atoms with van der Waals surface area (Å²) in [5, 5.41) is 6.17. The average Bonchev–Trinajstić information content (AvgIpc) is 3.31. The molecule has 0 radical (unpaired) electrons. The second-order valence-electron chi connectivity index (χ2n) is 11.8. The van der Waals surface area contributed by atoms with E-state index < -0.39 is 6.03 Å². The number of imidazole rings is 1. The Labute approximate surface area is 257 Å². The molecule has 0 bridgehead atoms. The van der Waals surface area contributed by atoms with E-state index in [4.69, 9.17) is 4.98 Å². The molecule has 0 atom stereocenters. The predicted octanol–water partition coefficient (Wildman–Crippen LogP) is 6.73. The third-order valence-electron chi connectivity index (χ3n) is 7.58. The van der Waals surface area contributed by atoms with Gasteiger partial charge in [-0.25, -0.2) is 15.3 Å². The Morgan fingerprint density at radius 1 is 0.907 bits per heavy atom. The number of rotatable bonds is 17. The van der Waals surface area contributed by atoms with Crippen LogP contribution in [0.2, 0.25) is 0 Å². The van der Waals surface area contributed by atoms with Crippen molar-refractivity contribution in [3.8, 4) is 0 Å². The molecule has 0 unspecified atom stereocenters. The van der Waals surface area contributed by atoms with Crippen molar-refractivity contribution in [3.63, 3.8) is 0 Å². The topological polar surface area (TPSA) is 104 Å². The first kappa shape index (κ1) is 33.9. The Kier molecular flexibility index (Phi) is 13.3. The van der Waals surface area contributed by atoms with Gasteiger partial charge in [0.2, 0.25) is 5.95 Å². The van der Waals surface area contributed by atoms with Gasteiger partial charge in [0, 0.05) is 36.6 Å². The summed E-state index contributed by atoms with van der Waals surface area (Å²) in [6.45, 7) is 18.4. The first-order valence-electron chi connectivity index (χ1n) is 15.6. The van der Waals surface area contributed by atoms with Gasteiger partial charge >= 0.3 is 6.03 Å². The van der Waals surface area contributed by atoms with Gasteiger partial charge in [0.1, 0.15) is 0 Å². The number of aryl methyl sites for hydroxylation is 1. The van der Waals surface area contributed by atoms with E-state index in [9.17, 15) is 9.59 Å². The largest absolute Gasteiger partial charge is 0.343 e. The number of carbonyl (C=O) groups is 2.